The number of hydrogen-bond acceptors (Lipinski definition) is 1. The summed E-state index contributed by atoms with van der Waals surface area (Å²) >= 11 is 5.92. The second-order valence-corrected chi connectivity index (χ2v) is 4.23. The molecule has 0 unspecified atom stereocenters. The fourth-order valence-corrected chi connectivity index (χ4v) is 2.25. The number of nitrogens with zero attached hydrogens (tertiary/aromatic N) is 2. The third-order valence-corrected chi connectivity index (χ3v) is 3.06. The molecule has 0 N–H and O–H groups in total. The highest BCUT2D eigenvalue weighted by atomic mass is 35.5. The molecule has 1 heterocycles. The topological polar surface area (TPSA) is 17.8 Å². The van der Waals surface area contributed by atoms with E-state index in [1.54, 1.807) is 6.07 Å². The van der Waals surface area contributed by atoms with Gasteiger partial charge in [-0.2, -0.15) is 0 Å². The minimum atomic E-state index is -0.272. The van der Waals surface area contributed by atoms with Gasteiger partial charge in [0.2, 0.25) is 0 Å². The van der Waals surface area contributed by atoms with Crippen LogP contribution in [0, 0.1) is 5.82 Å². The number of benzene rings is 2. The van der Waals surface area contributed by atoms with Crippen molar-refractivity contribution >= 4 is 22.6 Å². The van der Waals surface area contributed by atoms with Crippen molar-refractivity contribution in [3.05, 3.63) is 60.2 Å². The van der Waals surface area contributed by atoms with Crippen LogP contribution in [0.5, 0.6) is 0 Å². The summed E-state index contributed by atoms with van der Waals surface area (Å²) in [6.07, 6.45) is 0. The highest BCUT2D eigenvalue weighted by Crippen LogP contribution is 2.22. The Bertz CT molecular complexity index is 706. The summed E-state index contributed by atoms with van der Waals surface area (Å²) < 4.78 is 15.2. The molecule has 0 bridgehead atoms. The van der Waals surface area contributed by atoms with E-state index in [4.69, 9.17) is 11.6 Å². The van der Waals surface area contributed by atoms with Crippen molar-refractivity contribution in [3.63, 3.8) is 0 Å². The van der Waals surface area contributed by atoms with Crippen LogP contribution in [0.4, 0.5) is 4.39 Å². The molecule has 4 heteroatoms. The summed E-state index contributed by atoms with van der Waals surface area (Å²) in [5, 5.41) is 0. The minimum Gasteiger partial charge on any atom is -0.295 e. The molecule has 2 nitrogen and oxygen atoms in total. The predicted molar refractivity (Wildman–Crippen MR) is 70.6 cm³/mol. The first-order chi connectivity index (χ1) is 8.79. The number of imidazole rings is 1. The fourth-order valence-electron chi connectivity index (χ4n) is 2.07. The highest BCUT2D eigenvalue weighted by Gasteiger charge is 2.11. The van der Waals surface area contributed by atoms with Gasteiger partial charge in [-0.25, -0.2) is 9.37 Å². The molecule has 2 aromatic carbocycles. The van der Waals surface area contributed by atoms with Crippen molar-refractivity contribution < 1.29 is 4.39 Å². The molecule has 0 spiro atoms. The van der Waals surface area contributed by atoms with E-state index in [1.807, 2.05) is 34.9 Å². The van der Waals surface area contributed by atoms with Crippen LogP contribution in [0.25, 0.3) is 16.7 Å². The van der Waals surface area contributed by atoms with Gasteiger partial charge in [-0.1, -0.05) is 18.2 Å². The van der Waals surface area contributed by atoms with Gasteiger partial charge in [0, 0.05) is 0 Å². The molecule has 0 amide bonds. The Kier molecular flexibility index (Phi) is 2.76. The van der Waals surface area contributed by atoms with Crippen molar-refractivity contribution in [1.82, 2.24) is 9.55 Å². The molecule has 0 radical (unpaired) electrons. The van der Waals surface area contributed by atoms with E-state index in [9.17, 15) is 4.39 Å². The molecule has 0 aliphatic heterocycles. The largest absolute Gasteiger partial charge is 0.295 e. The lowest BCUT2D eigenvalue weighted by molar-refractivity contribution is 0.626. The Labute approximate surface area is 109 Å². The van der Waals surface area contributed by atoms with Gasteiger partial charge in [0.15, 0.2) is 0 Å². The van der Waals surface area contributed by atoms with Gasteiger partial charge in [0.25, 0.3) is 0 Å². The van der Waals surface area contributed by atoms with Crippen molar-refractivity contribution in [2.45, 2.75) is 5.88 Å². The molecule has 0 fully saturated rings. The molecular formula is C14H10ClFN2. The van der Waals surface area contributed by atoms with E-state index in [2.05, 4.69) is 4.98 Å². The molecule has 0 aliphatic rings. The number of halogens is 2. The highest BCUT2D eigenvalue weighted by molar-refractivity contribution is 6.17. The Morgan fingerprint density at radius 2 is 1.94 bits per heavy atom. The van der Waals surface area contributed by atoms with Gasteiger partial charge < -0.3 is 0 Å². The first kappa shape index (κ1) is 11.2. The molecule has 3 aromatic rings. The van der Waals surface area contributed by atoms with Gasteiger partial charge >= 0.3 is 0 Å². The molecule has 0 atom stereocenters. The smallest absolute Gasteiger partial charge is 0.129 e. The summed E-state index contributed by atoms with van der Waals surface area (Å²) in [6.45, 7) is 0. The number of alkyl halides is 1. The third-order valence-electron chi connectivity index (χ3n) is 2.82. The van der Waals surface area contributed by atoms with Crippen LogP contribution in [0.1, 0.15) is 5.82 Å². The zero-order chi connectivity index (χ0) is 12.5. The van der Waals surface area contributed by atoms with Crippen molar-refractivity contribution in [2.24, 2.45) is 0 Å². The number of rotatable bonds is 2. The second-order valence-electron chi connectivity index (χ2n) is 3.97. The quantitative estimate of drug-likeness (QED) is 0.639. The fraction of sp³-hybridized carbons (Fsp3) is 0.0714. The van der Waals surface area contributed by atoms with E-state index in [-0.39, 0.29) is 11.7 Å². The molecule has 18 heavy (non-hydrogen) atoms. The Hall–Kier alpha value is -1.87. The molecule has 1 aromatic heterocycles. The number of hydrogen-bond donors (Lipinski definition) is 0. The van der Waals surface area contributed by atoms with Crippen molar-refractivity contribution in [3.8, 4) is 5.69 Å². The van der Waals surface area contributed by atoms with E-state index in [1.165, 1.54) is 12.1 Å². The Morgan fingerprint density at radius 3 is 2.72 bits per heavy atom. The van der Waals surface area contributed by atoms with E-state index in [0.29, 0.717) is 5.82 Å². The summed E-state index contributed by atoms with van der Waals surface area (Å²) in [5.74, 6) is 0.722. The maximum atomic E-state index is 13.3. The van der Waals surface area contributed by atoms with Crippen LogP contribution in [0.2, 0.25) is 0 Å². The lowest BCUT2D eigenvalue weighted by Crippen LogP contribution is -1.99. The zero-order valence-electron chi connectivity index (χ0n) is 9.48. The zero-order valence-corrected chi connectivity index (χ0v) is 10.2. The van der Waals surface area contributed by atoms with Gasteiger partial charge in [0.05, 0.1) is 22.6 Å². The molecular weight excluding hydrogens is 251 g/mol. The average molecular weight is 261 g/mol. The monoisotopic (exact) mass is 260 g/mol. The van der Waals surface area contributed by atoms with Crippen LogP contribution >= 0.6 is 11.6 Å². The van der Waals surface area contributed by atoms with E-state index < -0.39 is 0 Å². The van der Waals surface area contributed by atoms with Crippen LogP contribution in [-0.4, -0.2) is 9.55 Å². The SMILES string of the molecule is Fc1cccc(-n2c(CCl)nc3ccccc32)c1. The van der Waals surface area contributed by atoms with Crippen LogP contribution in [-0.2, 0) is 5.88 Å². The Morgan fingerprint density at radius 1 is 1.11 bits per heavy atom. The van der Waals surface area contributed by atoms with Gasteiger partial charge in [-0.15, -0.1) is 11.6 Å². The third kappa shape index (κ3) is 1.77. The summed E-state index contributed by atoms with van der Waals surface area (Å²) in [4.78, 5) is 4.45. The van der Waals surface area contributed by atoms with Crippen LogP contribution in [0.3, 0.4) is 0 Å². The minimum absolute atomic E-state index is 0.272. The molecule has 0 saturated heterocycles. The lowest BCUT2D eigenvalue weighted by Gasteiger charge is -2.07. The predicted octanol–water partition coefficient (Wildman–Crippen LogP) is 3.90. The molecule has 3 rings (SSSR count). The van der Waals surface area contributed by atoms with Gasteiger partial charge in [-0.3, -0.25) is 4.57 Å². The van der Waals surface area contributed by atoms with E-state index >= 15 is 0 Å². The number of aromatic nitrogens is 2. The van der Waals surface area contributed by atoms with Gasteiger partial charge in [-0.05, 0) is 30.3 Å². The van der Waals surface area contributed by atoms with Crippen LogP contribution in [0.15, 0.2) is 48.5 Å². The Balaban J connectivity index is 2.33. The molecule has 0 saturated carbocycles. The maximum Gasteiger partial charge on any atom is 0.129 e. The maximum absolute atomic E-state index is 13.3. The van der Waals surface area contributed by atoms with Crippen LogP contribution < -0.4 is 0 Å². The van der Waals surface area contributed by atoms with Crippen molar-refractivity contribution in [2.75, 3.05) is 0 Å². The summed E-state index contributed by atoms with van der Waals surface area (Å²) in [7, 11) is 0. The van der Waals surface area contributed by atoms with Gasteiger partial charge in [0.1, 0.15) is 11.6 Å². The summed E-state index contributed by atoms with van der Waals surface area (Å²) in [5.41, 5.74) is 2.52. The lowest BCUT2D eigenvalue weighted by atomic mass is 10.2. The first-order valence-corrected chi connectivity index (χ1v) is 6.11. The summed E-state index contributed by atoms with van der Waals surface area (Å²) in [6, 6.07) is 14.1. The number of para-hydroxylation sites is 2. The number of fused-ring (bicyclic) bond motifs is 1. The second kappa shape index (κ2) is 4.42. The average Bonchev–Trinajstić information content (AvgIpc) is 2.77. The van der Waals surface area contributed by atoms with E-state index in [0.717, 1.165) is 16.7 Å². The first-order valence-electron chi connectivity index (χ1n) is 5.58. The standard InChI is InChI=1S/C14H10ClFN2/c15-9-14-17-12-6-1-2-7-13(12)18(14)11-5-3-4-10(16)8-11/h1-8H,9H2. The molecule has 90 valence electrons. The molecule has 0 aliphatic carbocycles. The van der Waals surface area contributed by atoms with Crippen molar-refractivity contribution in [1.29, 1.82) is 0 Å². The normalized spacial score (nSPS) is 11.0.